The van der Waals surface area contributed by atoms with Crippen LogP contribution in [0, 0.1) is 0 Å². The van der Waals surface area contributed by atoms with Crippen molar-refractivity contribution < 1.29 is 9.53 Å². The van der Waals surface area contributed by atoms with Gasteiger partial charge in [-0.3, -0.25) is 4.79 Å². The largest absolute Gasteiger partial charge is 0.463 e. The molecule has 0 rings (SSSR count). The van der Waals surface area contributed by atoms with E-state index in [2.05, 4.69) is 4.74 Å². The van der Waals surface area contributed by atoms with Gasteiger partial charge in [-0.2, -0.15) is 0 Å². The van der Waals surface area contributed by atoms with Gasteiger partial charge < -0.3 is 21.9 Å². The molecule has 0 fully saturated rings. The number of hydrogen-bond donors (Lipinski definition) is 3. The predicted octanol–water partition coefficient (Wildman–Crippen LogP) is -1.84. The van der Waals surface area contributed by atoms with Crippen LogP contribution in [0.4, 0.5) is 0 Å². The van der Waals surface area contributed by atoms with E-state index in [1.165, 1.54) is 0 Å². The van der Waals surface area contributed by atoms with Gasteiger partial charge in [0.2, 0.25) is 0 Å². The first-order chi connectivity index (χ1) is 5.22. The maximum absolute atomic E-state index is 10.8. The zero-order chi connectivity index (χ0) is 8.69. The molecule has 11 heavy (non-hydrogen) atoms. The van der Waals surface area contributed by atoms with E-state index in [0.29, 0.717) is 19.5 Å². The third-order valence-electron chi connectivity index (χ3n) is 1.14. The second kappa shape index (κ2) is 6.09. The Kier molecular flexibility index (Phi) is 5.73. The van der Waals surface area contributed by atoms with Crippen molar-refractivity contribution in [1.82, 2.24) is 0 Å². The van der Waals surface area contributed by atoms with E-state index in [9.17, 15) is 4.79 Å². The zero-order valence-corrected chi connectivity index (χ0v) is 6.45. The fraction of sp³-hybridized carbons (Fsp3) is 0.833. The van der Waals surface area contributed by atoms with Gasteiger partial charge in [-0.25, -0.2) is 0 Å². The van der Waals surface area contributed by atoms with Gasteiger partial charge in [0, 0.05) is 6.54 Å². The lowest BCUT2D eigenvalue weighted by molar-refractivity contribution is -0.145. The van der Waals surface area contributed by atoms with Gasteiger partial charge in [0.1, 0.15) is 12.6 Å². The van der Waals surface area contributed by atoms with Gasteiger partial charge >= 0.3 is 5.97 Å². The number of esters is 1. The molecule has 5 heteroatoms. The van der Waals surface area contributed by atoms with Crippen LogP contribution in [-0.4, -0.2) is 31.7 Å². The Balaban J connectivity index is 3.47. The number of carbonyl (C=O) groups excluding carboxylic acids is 1. The summed E-state index contributed by atoms with van der Waals surface area (Å²) in [6.07, 6.45) is 0.448. The Morgan fingerprint density at radius 2 is 2.00 bits per heavy atom. The van der Waals surface area contributed by atoms with Gasteiger partial charge in [0.15, 0.2) is 0 Å². The molecule has 0 spiro atoms. The second-order valence-corrected chi connectivity index (χ2v) is 2.14. The topological polar surface area (TPSA) is 104 Å². The molecular weight excluding hydrogens is 146 g/mol. The van der Waals surface area contributed by atoms with E-state index in [0.717, 1.165) is 0 Å². The van der Waals surface area contributed by atoms with Crippen LogP contribution in [0.25, 0.3) is 0 Å². The van der Waals surface area contributed by atoms with E-state index in [1.54, 1.807) is 0 Å². The van der Waals surface area contributed by atoms with Crippen LogP contribution in [0.15, 0.2) is 0 Å². The van der Waals surface area contributed by atoms with E-state index >= 15 is 0 Å². The minimum atomic E-state index is -0.605. The second-order valence-electron chi connectivity index (χ2n) is 2.14. The quantitative estimate of drug-likeness (QED) is 0.411. The summed E-state index contributed by atoms with van der Waals surface area (Å²) in [6, 6.07) is -0.605. The van der Waals surface area contributed by atoms with Crippen molar-refractivity contribution in [3.05, 3.63) is 0 Å². The summed E-state index contributed by atoms with van der Waals surface area (Å²) < 4.78 is 4.66. The third kappa shape index (κ3) is 4.72. The molecule has 0 bridgehead atoms. The van der Waals surface area contributed by atoms with Crippen LogP contribution >= 0.6 is 0 Å². The molecule has 66 valence electrons. The van der Waals surface area contributed by atoms with Gasteiger partial charge in [0.25, 0.3) is 0 Å². The number of carbonyl (C=O) groups is 1. The first-order valence-corrected chi connectivity index (χ1v) is 3.54. The van der Waals surface area contributed by atoms with E-state index in [4.69, 9.17) is 17.2 Å². The number of ether oxygens (including phenoxy) is 1. The number of nitrogens with two attached hydrogens (primary N) is 3. The molecule has 0 saturated carbocycles. The first-order valence-electron chi connectivity index (χ1n) is 3.54. The van der Waals surface area contributed by atoms with Crippen LogP contribution in [0.2, 0.25) is 0 Å². The lowest BCUT2D eigenvalue weighted by Gasteiger charge is -2.08. The number of hydrogen-bond acceptors (Lipinski definition) is 5. The highest BCUT2D eigenvalue weighted by Crippen LogP contribution is 1.89. The molecule has 6 N–H and O–H groups in total. The Morgan fingerprint density at radius 3 is 2.45 bits per heavy atom. The fourth-order valence-electron chi connectivity index (χ4n) is 0.564. The predicted molar refractivity (Wildman–Crippen MR) is 41.7 cm³/mol. The summed E-state index contributed by atoms with van der Waals surface area (Å²) in [4.78, 5) is 10.8. The summed E-state index contributed by atoms with van der Waals surface area (Å²) in [5.74, 6) is -0.430. The lowest BCUT2D eigenvalue weighted by atomic mass is 10.2. The number of rotatable bonds is 5. The fourth-order valence-corrected chi connectivity index (χ4v) is 0.564. The monoisotopic (exact) mass is 161 g/mol. The lowest BCUT2D eigenvalue weighted by Crippen LogP contribution is -2.35. The van der Waals surface area contributed by atoms with Crippen LogP contribution in [0.5, 0.6) is 0 Å². The highest BCUT2D eigenvalue weighted by molar-refractivity contribution is 5.75. The zero-order valence-electron chi connectivity index (χ0n) is 6.45. The van der Waals surface area contributed by atoms with E-state index in [-0.39, 0.29) is 6.61 Å². The van der Waals surface area contributed by atoms with Gasteiger partial charge in [-0.15, -0.1) is 0 Å². The molecule has 5 nitrogen and oxygen atoms in total. The molecule has 0 aromatic carbocycles. The van der Waals surface area contributed by atoms with Crippen LogP contribution in [0.3, 0.4) is 0 Å². The van der Waals surface area contributed by atoms with Crippen molar-refractivity contribution in [1.29, 1.82) is 0 Å². The maximum atomic E-state index is 10.8. The Hall–Kier alpha value is -0.650. The normalized spacial score (nSPS) is 12.6. The molecular formula is C6H15N3O2. The average molecular weight is 161 g/mol. The molecule has 0 aliphatic carbocycles. The molecule has 0 heterocycles. The smallest absolute Gasteiger partial charge is 0.323 e. The van der Waals surface area contributed by atoms with Crippen molar-refractivity contribution in [2.75, 3.05) is 19.7 Å². The minimum Gasteiger partial charge on any atom is -0.463 e. The van der Waals surface area contributed by atoms with Gasteiger partial charge in [0.05, 0.1) is 0 Å². The van der Waals surface area contributed by atoms with E-state index < -0.39 is 12.0 Å². The molecule has 1 atom stereocenters. The van der Waals surface area contributed by atoms with Crippen molar-refractivity contribution >= 4 is 5.97 Å². The van der Waals surface area contributed by atoms with Crippen LogP contribution in [0.1, 0.15) is 6.42 Å². The first kappa shape index (κ1) is 10.3. The molecule has 0 aliphatic heterocycles. The summed E-state index contributed by atoms with van der Waals surface area (Å²) in [6.45, 7) is 0.928. The molecule has 0 amide bonds. The van der Waals surface area contributed by atoms with Crippen molar-refractivity contribution in [3.63, 3.8) is 0 Å². The van der Waals surface area contributed by atoms with Gasteiger partial charge in [-0.1, -0.05) is 0 Å². The Morgan fingerprint density at radius 1 is 1.36 bits per heavy atom. The highest BCUT2D eigenvalue weighted by atomic mass is 16.5. The summed E-state index contributed by atoms with van der Waals surface area (Å²) in [5.41, 5.74) is 15.7. The van der Waals surface area contributed by atoms with Crippen LogP contribution < -0.4 is 17.2 Å². The Labute approximate surface area is 65.9 Å². The average Bonchev–Trinajstić information content (AvgIpc) is 2.00. The molecule has 0 aromatic heterocycles. The summed E-state index contributed by atoms with van der Waals surface area (Å²) >= 11 is 0. The molecule has 0 radical (unpaired) electrons. The standard InChI is InChI=1S/C6H15N3O2/c7-2-1-5(9)6(10)11-4-3-8/h5H,1-4,7-9H2. The third-order valence-corrected chi connectivity index (χ3v) is 1.14. The molecule has 0 aromatic rings. The maximum Gasteiger partial charge on any atom is 0.323 e. The minimum absolute atomic E-state index is 0.219. The SMILES string of the molecule is NCCOC(=O)C(N)CCN. The van der Waals surface area contributed by atoms with Gasteiger partial charge in [-0.05, 0) is 13.0 Å². The van der Waals surface area contributed by atoms with Crippen molar-refractivity contribution in [2.24, 2.45) is 17.2 Å². The summed E-state index contributed by atoms with van der Waals surface area (Å²) in [5, 5.41) is 0. The Bertz CT molecular complexity index is 118. The molecule has 0 saturated heterocycles. The molecule has 1 unspecified atom stereocenters. The van der Waals surface area contributed by atoms with Crippen molar-refractivity contribution in [3.8, 4) is 0 Å². The van der Waals surface area contributed by atoms with E-state index in [1.807, 2.05) is 0 Å². The van der Waals surface area contributed by atoms with Crippen molar-refractivity contribution in [2.45, 2.75) is 12.5 Å². The summed E-state index contributed by atoms with van der Waals surface area (Å²) in [7, 11) is 0. The highest BCUT2D eigenvalue weighted by Gasteiger charge is 2.12. The van der Waals surface area contributed by atoms with Crippen LogP contribution in [-0.2, 0) is 9.53 Å². The molecule has 0 aliphatic rings.